The number of halogens is 1. The zero-order valence-electron chi connectivity index (χ0n) is 15.7. The Morgan fingerprint density at radius 3 is 2.67 bits per heavy atom. The monoisotopic (exact) mass is 369 g/mol. The number of alkyl halides is 1. The first-order valence-corrected chi connectivity index (χ1v) is 9.40. The van der Waals surface area contributed by atoms with E-state index in [1.165, 1.54) is 6.92 Å². The maximum atomic E-state index is 15.7. The molecule has 6 nitrogen and oxygen atoms in total. The number of nitrogen functional groups attached to an aromatic ring is 1. The molecule has 1 amide bonds. The number of rotatable bonds is 3. The number of anilines is 1. The van der Waals surface area contributed by atoms with Crippen LogP contribution >= 0.6 is 0 Å². The Morgan fingerprint density at radius 1 is 1.30 bits per heavy atom. The largest absolute Gasteiger partial charge is 0.382 e. The summed E-state index contributed by atoms with van der Waals surface area (Å²) < 4.78 is 17.5. The minimum atomic E-state index is -1.36. The van der Waals surface area contributed by atoms with E-state index < -0.39 is 5.67 Å². The van der Waals surface area contributed by atoms with Crippen LogP contribution < -0.4 is 5.73 Å². The average molecular weight is 369 g/mol. The van der Waals surface area contributed by atoms with Gasteiger partial charge in [0, 0.05) is 43.8 Å². The van der Waals surface area contributed by atoms with Gasteiger partial charge in [-0.2, -0.15) is 5.10 Å². The van der Waals surface area contributed by atoms with Crippen LogP contribution in [0.4, 0.5) is 10.2 Å². The number of amides is 1. The van der Waals surface area contributed by atoms with Crippen molar-refractivity contribution >= 4 is 33.5 Å². The highest BCUT2D eigenvalue weighted by molar-refractivity contribution is 6.09. The lowest BCUT2D eigenvalue weighted by molar-refractivity contribution is -0.131. The first kappa shape index (κ1) is 17.7. The molecule has 0 radical (unpaired) electrons. The molecule has 1 aliphatic heterocycles. The maximum absolute atomic E-state index is 15.7. The third-order valence-corrected chi connectivity index (χ3v) is 5.60. The third-order valence-electron chi connectivity index (χ3n) is 5.60. The Labute approximate surface area is 157 Å². The van der Waals surface area contributed by atoms with Crippen molar-refractivity contribution in [2.45, 2.75) is 45.3 Å². The predicted octanol–water partition coefficient (Wildman–Crippen LogP) is 3.08. The van der Waals surface area contributed by atoms with Crippen molar-refractivity contribution in [3.8, 4) is 0 Å². The number of hydrogen-bond acceptors (Lipinski definition) is 4. The van der Waals surface area contributed by atoms with Crippen LogP contribution in [-0.4, -0.2) is 44.3 Å². The molecular formula is C20H24FN5O. The molecule has 3 aromatic rings. The van der Waals surface area contributed by atoms with Gasteiger partial charge < -0.3 is 10.6 Å². The highest BCUT2D eigenvalue weighted by Gasteiger charge is 2.37. The molecule has 0 aliphatic carbocycles. The number of nitrogens with two attached hydrogens (primary N) is 1. The topological polar surface area (TPSA) is 77.0 Å². The van der Waals surface area contributed by atoms with Crippen molar-refractivity contribution in [3.63, 3.8) is 0 Å². The van der Waals surface area contributed by atoms with Crippen molar-refractivity contribution in [2.24, 2.45) is 0 Å². The standard InChI is InChI=1S/C20H24FN5O/c1-3-26-16(12-20(21)8-10-25(11-9-20)13(2)27)17-14-6-4-5-7-15(14)23-19(22)18(17)24-26/h4-7H,3,8-12H2,1-2H3,(H2,22,23). The van der Waals surface area contributed by atoms with Gasteiger partial charge in [0.25, 0.3) is 0 Å². The number of piperidine rings is 1. The van der Waals surface area contributed by atoms with E-state index in [1.54, 1.807) is 4.90 Å². The van der Waals surface area contributed by atoms with Gasteiger partial charge in [-0.15, -0.1) is 0 Å². The molecule has 4 rings (SSSR count). The third kappa shape index (κ3) is 3.01. The molecule has 7 heteroatoms. The summed E-state index contributed by atoms with van der Waals surface area (Å²) in [5.74, 6) is 0.377. The van der Waals surface area contributed by atoms with E-state index in [2.05, 4.69) is 10.1 Å². The van der Waals surface area contributed by atoms with E-state index in [1.807, 2.05) is 35.9 Å². The molecule has 0 spiro atoms. The SMILES string of the molecule is CCn1nc2c(N)nc3ccccc3c2c1CC1(F)CCN(C(C)=O)CC1. The van der Waals surface area contributed by atoms with Crippen LogP contribution in [0.2, 0.25) is 0 Å². The fraction of sp³-hybridized carbons (Fsp3) is 0.450. The minimum Gasteiger partial charge on any atom is -0.382 e. The van der Waals surface area contributed by atoms with Crippen LogP contribution in [0.5, 0.6) is 0 Å². The molecule has 2 aromatic heterocycles. The second-order valence-corrected chi connectivity index (χ2v) is 7.33. The quantitative estimate of drug-likeness (QED) is 0.770. The molecule has 0 atom stereocenters. The van der Waals surface area contributed by atoms with Crippen LogP contribution in [0.25, 0.3) is 21.8 Å². The average Bonchev–Trinajstić information content (AvgIpc) is 3.01. The van der Waals surface area contributed by atoms with Gasteiger partial charge in [0.05, 0.1) is 11.2 Å². The number of nitrogens with zero attached hydrogens (tertiary/aromatic N) is 4. The van der Waals surface area contributed by atoms with Gasteiger partial charge >= 0.3 is 0 Å². The molecule has 27 heavy (non-hydrogen) atoms. The summed E-state index contributed by atoms with van der Waals surface area (Å²) in [5, 5.41) is 6.46. The van der Waals surface area contributed by atoms with Crippen LogP contribution in [-0.2, 0) is 17.8 Å². The van der Waals surface area contributed by atoms with Crippen LogP contribution in [0, 0.1) is 0 Å². The first-order valence-electron chi connectivity index (χ1n) is 9.40. The summed E-state index contributed by atoms with van der Waals surface area (Å²) in [5.41, 5.74) is 7.08. The summed E-state index contributed by atoms with van der Waals surface area (Å²) >= 11 is 0. The number of aromatic nitrogens is 3. The summed E-state index contributed by atoms with van der Waals surface area (Å²) in [6.07, 6.45) is 0.930. The number of carbonyl (C=O) groups is 1. The number of aryl methyl sites for hydroxylation is 1. The molecule has 142 valence electrons. The number of hydrogen-bond donors (Lipinski definition) is 1. The fourth-order valence-corrected chi connectivity index (χ4v) is 4.06. The Balaban J connectivity index is 1.80. The van der Waals surface area contributed by atoms with Crippen molar-refractivity contribution in [3.05, 3.63) is 30.0 Å². The molecule has 3 heterocycles. The van der Waals surface area contributed by atoms with Crippen molar-refractivity contribution < 1.29 is 9.18 Å². The van der Waals surface area contributed by atoms with Crippen molar-refractivity contribution in [1.82, 2.24) is 19.7 Å². The normalized spacial score (nSPS) is 16.9. The van der Waals surface area contributed by atoms with Crippen molar-refractivity contribution in [1.29, 1.82) is 0 Å². The van der Waals surface area contributed by atoms with E-state index in [9.17, 15) is 4.79 Å². The summed E-state index contributed by atoms with van der Waals surface area (Å²) in [4.78, 5) is 17.7. The van der Waals surface area contributed by atoms with Gasteiger partial charge in [-0.1, -0.05) is 18.2 Å². The van der Waals surface area contributed by atoms with E-state index in [0.29, 0.717) is 43.8 Å². The molecule has 1 fully saturated rings. The van der Waals surface area contributed by atoms with Gasteiger partial charge in [0.2, 0.25) is 5.91 Å². The zero-order valence-corrected chi connectivity index (χ0v) is 15.7. The number of likely N-dealkylation sites (tertiary alicyclic amines) is 1. The maximum Gasteiger partial charge on any atom is 0.219 e. The molecule has 0 bridgehead atoms. The first-order chi connectivity index (χ1) is 12.9. The number of para-hydroxylation sites is 1. The lowest BCUT2D eigenvalue weighted by Crippen LogP contribution is -2.45. The molecule has 1 aromatic carbocycles. The lowest BCUT2D eigenvalue weighted by Gasteiger charge is -2.36. The second-order valence-electron chi connectivity index (χ2n) is 7.33. The molecule has 0 unspecified atom stereocenters. The predicted molar refractivity (Wildman–Crippen MR) is 104 cm³/mol. The van der Waals surface area contributed by atoms with Gasteiger partial charge in [0.15, 0.2) is 5.82 Å². The molecule has 0 saturated carbocycles. The molecular weight excluding hydrogens is 345 g/mol. The summed E-state index contributed by atoms with van der Waals surface area (Å²) in [6.45, 7) is 5.06. The molecule has 2 N–H and O–H groups in total. The van der Waals surface area contributed by atoms with Gasteiger partial charge in [-0.05, 0) is 25.8 Å². The summed E-state index contributed by atoms with van der Waals surface area (Å²) in [6, 6.07) is 7.76. The zero-order chi connectivity index (χ0) is 19.2. The summed E-state index contributed by atoms with van der Waals surface area (Å²) in [7, 11) is 0. The molecule has 1 saturated heterocycles. The number of benzene rings is 1. The second kappa shape index (κ2) is 6.48. The number of fused-ring (bicyclic) bond motifs is 3. The van der Waals surface area contributed by atoms with Crippen molar-refractivity contribution in [2.75, 3.05) is 18.8 Å². The van der Waals surface area contributed by atoms with E-state index in [0.717, 1.165) is 22.0 Å². The van der Waals surface area contributed by atoms with E-state index in [4.69, 9.17) is 5.73 Å². The minimum absolute atomic E-state index is 0.00550. The fourth-order valence-electron chi connectivity index (χ4n) is 4.06. The Hall–Kier alpha value is -2.70. The highest BCUT2D eigenvalue weighted by Crippen LogP contribution is 2.36. The van der Waals surface area contributed by atoms with Gasteiger partial charge in [-0.25, -0.2) is 9.37 Å². The number of carbonyl (C=O) groups excluding carboxylic acids is 1. The van der Waals surface area contributed by atoms with E-state index >= 15 is 4.39 Å². The Morgan fingerprint density at radius 2 is 2.00 bits per heavy atom. The van der Waals surface area contributed by atoms with Crippen LogP contribution in [0.3, 0.4) is 0 Å². The smallest absolute Gasteiger partial charge is 0.219 e. The Bertz CT molecular complexity index is 1020. The Kier molecular flexibility index (Phi) is 4.25. The highest BCUT2D eigenvalue weighted by atomic mass is 19.1. The van der Waals surface area contributed by atoms with Gasteiger partial charge in [-0.3, -0.25) is 9.48 Å². The van der Waals surface area contributed by atoms with Gasteiger partial charge in [0.1, 0.15) is 11.2 Å². The molecule has 1 aliphatic rings. The number of pyridine rings is 1. The van der Waals surface area contributed by atoms with E-state index in [-0.39, 0.29) is 12.3 Å². The lowest BCUT2D eigenvalue weighted by atomic mass is 9.87. The van der Waals surface area contributed by atoms with Crippen LogP contribution in [0.1, 0.15) is 32.4 Å². The van der Waals surface area contributed by atoms with Crippen LogP contribution in [0.15, 0.2) is 24.3 Å².